The minimum absolute atomic E-state index is 0.285. The summed E-state index contributed by atoms with van der Waals surface area (Å²) in [7, 11) is 0. The van der Waals surface area contributed by atoms with Crippen molar-refractivity contribution >= 4 is 11.6 Å². The van der Waals surface area contributed by atoms with E-state index in [0.29, 0.717) is 25.5 Å². The maximum atomic E-state index is 12.1. The number of pyridine rings is 1. The summed E-state index contributed by atoms with van der Waals surface area (Å²) in [4.78, 5) is 8.39. The second kappa shape index (κ2) is 7.85. The molecule has 0 aliphatic heterocycles. The molecule has 126 valence electrons. The zero-order valence-electron chi connectivity index (χ0n) is 12.9. The number of rotatable bonds is 6. The normalized spacial score (nSPS) is 12.6. The highest BCUT2D eigenvalue weighted by molar-refractivity contribution is 5.79. The van der Waals surface area contributed by atoms with E-state index in [4.69, 9.17) is 0 Å². The van der Waals surface area contributed by atoms with Crippen LogP contribution < -0.4 is 10.6 Å². The molecule has 0 spiro atoms. The van der Waals surface area contributed by atoms with Gasteiger partial charge >= 0.3 is 6.18 Å². The first-order valence-electron chi connectivity index (χ1n) is 7.49. The maximum absolute atomic E-state index is 12.1. The van der Waals surface area contributed by atoms with Gasteiger partial charge in [0.05, 0.1) is 18.7 Å². The molecule has 2 heterocycles. The Morgan fingerprint density at radius 3 is 2.83 bits per heavy atom. The van der Waals surface area contributed by atoms with Gasteiger partial charge in [0.2, 0.25) is 0 Å². The second-order valence-corrected chi connectivity index (χ2v) is 5.00. The zero-order chi connectivity index (χ0) is 16.7. The lowest BCUT2D eigenvalue weighted by atomic mass is 10.3. The van der Waals surface area contributed by atoms with E-state index < -0.39 is 12.6 Å². The van der Waals surface area contributed by atoms with E-state index in [2.05, 4.69) is 20.6 Å². The third-order valence-corrected chi connectivity index (χ3v) is 3.10. The summed E-state index contributed by atoms with van der Waals surface area (Å²) < 4.78 is 38.4. The molecule has 2 N–H and O–H groups in total. The number of halogens is 3. The summed E-state index contributed by atoms with van der Waals surface area (Å²) in [6.45, 7) is 2.71. The average Bonchev–Trinajstić information content (AvgIpc) is 2.88. The van der Waals surface area contributed by atoms with Crippen LogP contribution in [0.5, 0.6) is 0 Å². The van der Waals surface area contributed by atoms with Crippen molar-refractivity contribution in [1.29, 1.82) is 0 Å². The van der Waals surface area contributed by atoms with Gasteiger partial charge in [-0.05, 0) is 19.1 Å². The second-order valence-electron chi connectivity index (χ2n) is 5.00. The Bertz CT molecular complexity index is 615. The highest BCUT2D eigenvalue weighted by atomic mass is 19.4. The number of aromatic nitrogens is 2. The lowest BCUT2D eigenvalue weighted by molar-refractivity contribution is -0.132. The Labute approximate surface area is 132 Å². The van der Waals surface area contributed by atoms with E-state index in [-0.39, 0.29) is 6.54 Å². The quantitative estimate of drug-likeness (QED) is 0.633. The number of imidazole rings is 1. The van der Waals surface area contributed by atoms with Gasteiger partial charge in [0.25, 0.3) is 0 Å². The van der Waals surface area contributed by atoms with Gasteiger partial charge in [0, 0.05) is 31.9 Å². The van der Waals surface area contributed by atoms with Crippen LogP contribution in [0.2, 0.25) is 0 Å². The van der Waals surface area contributed by atoms with Gasteiger partial charge < -0.3 is 15.0 Å². The van der Waals surface area contributed by atoms with E-state index in [1.807, 2.05) is 41.9 Å². The van der Waals surface area contributed by atoms with Crippen LogP contribution in [0.1, 0.15) is 19.0 Å². The van der Waals surface area contributed by atoms with Crippen molar-refractivity contribution in [3.63, 3.8) is 0 Å². The first-order chi connectivity index (χ1) is 11.0. The van der Waals surface area contributed by atoms with E-state index >= 15 is 0 Å². The van der Waals surface area contributed by atoms with Gasteiger partial charge in [-0.3, -0.25) is 4.99 Å². The van der Waals surface area contributed by atoms with Crippen LogP contribution >= 0.6 is 0 Å². The molecule has 0 aliphatic rings. The van der Waals surface area contributed by atoms with Crippen molar-refractivity contribution in [2.24, 2.45) is 4.99 Å². The number of nitrogens with one attached hydrogen (secondary N) is 2. The van der Waals surface area contributed by atoms with Crippen molar-refractivity contribution < 1.29 is 13.2 Å². The largest absolute Gasteiger partial charge is 0.390 e. The molecule has 23 heavy (non-hydrogen) atoms. The van der Waals surface area contributed by atoms with Gasteiger partial charge in [-0.25, -0.2) is 4.98 Å². The van der Waals surface area contributed by atoms with E-state index in [1.54, 1.807) is 0 Å². The van der Waals surface area contributed by atoms with Gasteiger partial charge in [0.15, 0.2) is 5.96 Å². The number of hydrogen-bond acceptors (Lipinski definition) is 2. The SMILES string of the molecule is CCNC(=NCCC(F)(F)F)NCCc1cn2ccccc2n1. The van der Waals surface area contributed by atoms with Crippen LogP contribution in [-0.4, -0.2) is 41.2 Å². The van der Waals surface area contributed by atoms with Crippen LogP contribution in [0.4, 0.5) is 13.2 Å². The zero-order valence-corrected chi connectivity index (χ0v) is 12.9. The fourth-order valence-electron chi connectivity index (χ4n) is 2.05. The summed E-state index contributed by atoms with van der Waals surface area (Å²) in [5, 5.41) is 5.95. The van der Waals surface area contributed by atoms with Gasteiger partial charge in [-0.15, -0.1) is 0 Å². The Hall–Kier alpha value is -2.25. The Kier molecular flexibility index (Phi) is 5.84. The molecule has 2 rings (SSSR count). The minimum atomic E-state index is -4.18. The highest BCUT2D eigenvalue weighted by Crippen LogP contribution is 2.18. The van der Waals surface area contributed by atoms with Crippen molar-refractivity contribution in [3.05, 3.63) is 36.3 Å². The van der Waals surface area contributed by atoms with Crippen molar-refractivity contribution in [2.45, 2.75) is 25.9 Å². The van der Waals surface area contributed by atoms with Gasteiger partial charge in [0.1, 0.15) is 5.65 Å². The van der Waals surface area contributed by atoms with E-state index in [1.165, 1.54) is 0 Å². The van der Waals surface area contributed by atoms with E-state index in [9.17, 15) is 13.2 Å². The molecule has 0 saturated heterocycles. The number of fused-ring (bicyclic) bond motifs is 1. The number of alkyl halides is 3. The lowest BCUT2D eigenvalue weighted by Gasteiger charge is -2.11. The smallest absolute Gasteiger partial charge is 0.357 e. The molecule has 0 amide bonds. The first kappa shape index (κ1) is 17.1. The topological polar surface area (TPSA) is 53.7 Å². The molecule has 0 aliphatic carbocycles. The van der Waals surface area contributed by atoms with Crippen molar-refractivity contribution in [1.82, 2.24) is 20.0 Å². The van der Waals surface area contributed by atoms with E-state index in [0.717, 1.165) is 11.3 Å². The monoisotopic (exact) mass is 327 g/mol. The molecular weight excluding hydrogens is 307 g/mol. The lowest BCUT2D eigenvalue weighted by Crippen LogP contribution is -2.38. The Morgan fingerprint density at radius 2 is 2.13 bits per heavy atom. The molecule has 2 aromatic rings. The third kappa shape index (κ3) is 5.80. The first-order valence-corrected chi connectivity index (χ1v) is 7.49. The fourth-order valence-corrected chi connectivity index (χ4v) is 2.05. The van der Waals surface area contributed by atoms with Crippen LogP contribution in [0.15, 0.2) is 35.6 Å². The van der Waals surface area contributed by atoms with Crippen molar-refractivity contribution in [2.75, 3.05) is 19.6 Å². The number of nitrogens with zero attached hydrogens (tertiary/aromatic N) is 3. The predicted octanol–water partition coefficient (Wildman–Crippen LogP) is 2.38. The fraction of sp³-hybridized carbons (Fsp3) is 0.467. The molecule has 0 atom stereocenters. The molecule has 0 fully saturated rings. The molecular formula is C15H20F3N5. The number of hydrogen-bond donors (Lipinski definition) is 2. The summed E-state index contributed by atoms with van der Waals surface area (Å²) in [6.07, 6.45) is -0.592. The number of guanidine groups is 1. The molecule has 0 saturated carbocycles. The molecule has 8 heteroatoms. The molecule has 2 aromatic heterocycles. The molecule has 0 unspecified atom stereocenters. The summed E-state index contributed by atoms with van der Waals surface area (Å²) >= 11 is 0. The number of aliphatic imine (C=N–C) groups is 1. The predicted molar refractivity (Wildman–Crippen MR) is 83.5 cm³/mol. The van der Waals surface area contributed by atoms with Crippen LogP contribution in [0.3, 0.4) is 0 Å². The maximum Gasteiger partial charge on any atom is 0.390 e. The Balaban J connectivity index is 1.84. The standard InChI is InChI=1S/C15H20F3N5/c1-2-19-14(21-9-7-15(16,17)18)20-8-6-12-11-23-10-4-3-5-13(23)22-12/h3-5,10-11H,2,6-9H2,1H3,(H2,19,20,21). The average molecular weight is 327 g/mol. The minimum Gasteiger partial charge on any atom is -0.357 e. The third-order valence-electron chi connectivity index (χ3n) is 3.10. The summed E-state index contributed by atoms with van der Waals surface area (Å²) in [6, 6.07) is 5.76. The van der Waals surface area contributed by atoms with Crippen LogP contribution in [0, 0.1) is 0 Å². The van der Waals surface area contributed by atoms with Crippen LogP contribution in [0.25, 0.3) is 5.65 Å². The highest BCUT2D eigenvalue weighted by Gasteiger charge is 2.26. The molecule has 5 nitrogen and oxygen atoms in total. The Morgan fingerprint density at radius 1 is 1.30 bits per heavy atom. The van der Waals surface area contributed by atoms with Gasteiger partial charge in [-0.2, -0.15) is 13.2 Å². The molecule has 0 radical (unpaired) electrons. The molecule has 0 aromatic carbocycles. The summed E-state index contributed by atoms with van der Waals surface area (Å²) in [5.74, 6) is 0.389. The van der Waals surface area contributed by atoms with Crippen LogP contribution in [-0.2, 0) is 6.42 Å². The van der Waals surface area contributed by atoms with Crippen molar-refractivity contribution in [3.8, 4) is 0 Å². The molecule has 0 bridgehead atoms. The van der Waals surface area contributed by atoms with Gasteiger partial charge in [-0.1, -0.05) is 6.07 Å². The summed E-state index contributed by atoms with van der Waals surface area (Å²) in [5.41, 5.74) is 1.78.